The minimum absolute atomic E-state index is 0.800. The van der Waals surface area contributed by atoms with Crippen molar-refractivity contribution < 1.29 is 0 Å². The Morgan fingerprint density at radius 3 is 2.74 bits per heavy atom. The van der Waals surface area contributed by atoms with Crippen LogP contribution in [0.5, 0.6) is 0 Å². The van der Waals surface area contributed by atoms with E-state index in [0.29, 0.717) is 0 Å². The van der Waals surface area contributed by atoms with Crippen LogP contribution >= 0.6 is 0 Å². The number of hydrogen-bond donors (Lipinski definition) is 2. The molecule has 3 heterocycles. The van der Waals surface area contributed by atoms with Crippen LogP contribution in [0.25, 0.3) is 0 Å². The van der Waals surface area contributed by atoms with Crippen LogP contribution in [0.4, 0.5) is 0 Å². The highest BCUT2D eigenvalue weighted by Gasteiger charge is 2.41. The van der Waals surface area contributed by atoms with Gasteiger partial charge in [-0.25, -0.2) is 0 Å². The second-order valence-corrected chi connectivity index (χ2v) is 7.21. The summed E-state index contributed by atoms with van der Waals surface area (Å²) in [5, 5.41) is 7.84. The number of nitrogens with zero attached hydrogens (tertiary/aromatic N) is 1. The van der Waals surface area contributed by atoms with Gasteiger partial charge in [-0.2, -0.15) is 0 Å². The molecule has 0 spiro atoms. The van der Waals surface area contributed by atoms with E-state index in [0.717, 1.165) is 30.1 Å². The van der Waals surface area contributed by atoms with Gasteiger partial charge < -0.3 is 10.6 Å². The average Bonchev–Trinajstić information content (AvgIpc) is 3.15. The van der Waals surface area contributed by atoms with Crippen molar-refractivity contribution in [2.24, 2.45) is 5.92 Å². The van der Waals surface area contributed by atoms with E-state index < -0.39 is 0 Å². The molecule has 0 aromatic rings. The monoisotopic (exact) mass is 263 g/mol. The number of rotatable bonds is 3. The first-order valence-electron chi connectivity index (χ1n) is 8.65. The zero-order valence-corrected chi connectivity index (χ0v) is 12.1. The number of fused-ring (bicyclic) bond motifs is 1. The lowest BCUT2D eigenvalue weighted by Crippen LogP contribution is -2.49. The van der Waals surface area contributed by atoms with Gasteiger partial charge in [0, 0.05) is 30.7 Å². The van der Waals surface area contributed by atoms with Crippen LogP contribution in [0.2, 0.25) is 0 Å². The lowest BCUT2D eigenvalue weighted by Gasteiger charge is -2.31. The first kappa shape index (κ1) is 12.6. The summed E-state index contributed by atoms with van der Waals surface area (Å²) in [7, 11) is 0. The molecule has 108 valence electrons. The molecule has 1 saturated carbocycles. The second-order valence-electron chi connectivity index (χ2n) is 7.21. The molecule has 5 unspecified atom stereocenters. The molecule has 0 bridgehead atoms. The van der Waals surface area contributed by atoms with Gasteiger partial charge in [0.25, 0.3) is 0 Å². The Morgan fingerprint density at radius 2 is 1.84 bits per heavy atom. The van der Waals surface area contributed by atoms with Gasteiger partial charge in [-0.1, -0.05) is 6.42 Å². The molecule has 4 rings (SSSR count). The van der Waals surface area contributed by atoms with Gasteiger partial charge in [0.15, 0.2) is 0 Å². The third-order valence-electron chi connectivity index (χ3n) is 6.22. The third-order valence-corrected chi connectivity index (χ3v) is 6.22. The van der Waals surface area contributed by atoms with E-state index in [4.69, 9.17) is 0 Å². The van der Waals surface area contributed by atoms with Gasteiger partial charge in [-0.3, -0.25) is 4.90 Å². The summed E-state index contributed by atoms with van der Waals surface area (Å²) in [5.41, 5.74) is 0. The molecule has 4 aliphatic rings. The van der Waals surface area contributed by atoms with Crippen molar-refractivity contribution >= 4 is 0 Å². The summed E-state index contributed by atoms with van der Waals surface area (Å²) in [5.74, 6) is 0.915. The van der Waals surface area contributed by atoms with Crippen LogP contribution in [0.3, 0.4) is 0 Å². The molecule has 3 saturated heterocycles. The standard InChI is InChI=1S/C16H29N3/c1-4-12(13-6-2-9-17-13)14(5-1)18-15-8-11-19-10-3-7-16(15)19/h12-18H,1-11H2. The summed E-state index contributed by atoms with van der Waals surface area (Å²) in [4.78, 5) is 2.73. The zero-order valence-electron chi connectivity index (χ0n) is 12.1. The van der Waals surface area contributed by atoms with Crippen LogP contribution in [0.15, 0.2) is 0 Å². The molecule has 0 radical (unpaired) electrons. The van der Waals surface area contributed by atoms with E-state index in [2.05, 4.69) is 15.5 Å². The summed E-state index contributed by atoms with van der Waals surface area (Å²) in [6.45, 7) is 3.97. The van der Waals surface area contributed by atoms with Crippen molar-refractivity contribution in [2.45, 2.75) is 75.5 Å². The fourth-order valence-electron chi connectivity index (χ4n) is 5.31. The van der Waals surface area contributed by atoms with Gasteiger partial charge in [-0.05, 0) is 64.0 Å². The third kappa shape index (κ3) is 2.34. The highest BCUT2D eigenvalue weighted by atomic mass is 15.2. The van der Waals surface area contributed by atoms with Crippen molar-refractivity contribution in [2.75, 3.05) is 19.6 Å². The Balaban J connectivity index is 1.38. The topological polar surface area (TPSA) is 27.3 Å². The van der Waals surface area contributed by atoms with Crippen molar-refractivity contribution in [3.8, 4) is 0 Å². The fraction of sp³-hybridized carbons (Fsp3) is 1.00. The highest BCUT2D eigenvalue weighted by Crippen LogP contribution is 2.34. The Labute approximate surface area is 117 Å². The predicted octanol–water partition coefficient (Wildman–Crippen LogP) is 1.73. The molecule has 0 aromatic heterocycles. The van der Waals surface area contributed by atoms with Crippen molar-refractivity contribution in [3.05, 3.63) is 0 Å². The van der Waals surface area contributed by atoms with Gasteiger partial charge in [0.2, 0.25) is 0 Å². The maximum Gasteiger partial charge on any atom is 0.0250 e. The van der Waals surface area contributed by atoms with Crippen LogP contribution in [-0.4, -0.2) is 48.7 Å². The molecule has 0 aromatic carbocycles. The normalized spacial score (nSPS) is 47.1. The first-order chi connectivity index (χ1) is 9.42. The molecule has 3 nitrogen and oxygen atoms in total. The Hall–Kier alpha value is -0.120. The quantitative estimate of drug-likeness (QED) is 0.812. The Bertz CT molecular complexity index is 313. The summed E-state index contributed by atoms with van der Waals surface area (Å²) < 4.78 is 0. The summed E-state index contributed by atoms with van der Waals surface area (Å²) in [6, 6.07) is 3.30. The van der Waals surface area contributed by atoms with Crippen LogP contribution < -0.4 is 10.6 Å². The number of hydrogen-bond acceptors (Lipinski definition) is 3. The molecule has 3 heteroatoms. The van der Waals surface area contributed by atoms with E-state index in [-0.39, 0.29) is 0 Å². The van der Waals surface area contributed by atoms with Gasteiger partial charge in [0.1, 0.15) is 0 Å². The predicted molar refractivity (Wildman–Crippen MR) is 78.3 cm³/mol. The Morgan fingerprint density at radius 1 is 0.842 bits per heavy atom. The molecule has 4 fully saturated rings. The lowest BCUT2D eigenvalue weighted by atomic mass is 9.92. The van der Waals surface area contributed by atoms with Crippen molar-refractivity contribution in [3.63, 3.8) is 0 Å². The smallest absolute Gasteiger partial charge is 0.0250 e. The van der Waals surface area contributed by atoms with E-state index in [1.54, 1.807) is 0 Å². The molecule has 1 aliphatic carbocycles. The maximum absolute atomic E-state index is 4.09. The molecule has 5 atom stereocenters. The van der Waals surface area contributed by atoms with E-state index in [9.17, 15) is 0 Å². The lowest BCUT2D eigenvalue weighted by molar-refractivity contribution is 0.257. The first-order valence-corrected chi connectivity index (χ1v) is 8.65. The summed E-state index contributed by atoms with van der Waals surface area (Å²) in [6.07, 6.45) is 11.4. The van der Waals surface area contributed by atoms with Gasteiger partial charge >= 0.3 is 0 Å². The van der Waals surface area contributed by atoms with Crippen molar-refractivity contribution in [1.82, 2.24) is 15.5 Å². The van der Waals surface area contributed by atoms with Crippen molar-refractivity contribution in [1.29, 1.82) is 0 Å². The molecular weight excluding hydrogens is 234 g/mol. The SMILES string of the molecule is C1CNC(C2CCCC2NC2CCN3CCCC23)C1. The van der Waals surface area contributed by atoms with Gasteiger partial charge in [-0.15, -0.1) is 0 Å². The molecular formula is C16H29N3. The van der Waals surface area contributed by atoms with Crippen LogP contribution in [0.1, 0.15) is 51.4 Å². The molecule has 3 aliphatic heterocycles. The minimum atomic E-state index is 0.800. The van der Waals surface area contributed by atoms with Crippen LogP contribution in [0, 0.1) is 5.92 Å². The van der Waals surface area contributed by atoms with E-state index in [1.165, 1.54) is 71.0 Å². The molecule has 2 N–H and O–H groups in total. The molecule has 0 amide bonds. The largest absolute Gasteiger partial charge is 0.314 e. The summed E-state index contributed by atoms with van der Waals surface area (Å²) >= 11 is 0. The Kier molecular flexibility index (Phi) is 3.55. The fourth-order valence-corrected chi connectivity index (χ4v) is 5.31. The van der Waals surface area contributed by atoms with E-state index in [1.807, 2.05) is 0 Å². The van der Waals surface area contributed by atoms with E-state index >= 15 is 0 Å². The average molecular weight is 263 g/mol. The number of nitrogens with one attached hydrogen (secondary N) is 2. The maximum atomic E-state index is 4.09. The zero-order chi connectivity index (χ0) is 12.7. The highest BCUT2D eigenvalue weighted by molar-refractivity contribution is 5.00. The molecule has 19 heavy (non-hydrogen) atoms. The van der Waals surface area contributed by atoms with Crippen LogP contribution in [-0.2, 0) is 0 Å². The van der Waals surface area contributed by atoms with Gasteiger partial charge in [0.05, 0.1) is 0 Å². The minimum Gasteiger partial charge on any atom is -0.314 e. The second kappa shape index (κ2) is 5.34.